The second-order valence-electron chi connectivity index (χ2n) is 11.4. The molecule has 0 unspecified atom stereocenters. The van der Waals surface area contributed by atoms with Gasteiger partial charge in [0.15, 0.2) is 0 Å². The SMILES string of the molecule is Cc1ccc(/C=C/c2ccc(CC(Cc3ccc(/C=C/c4ccc(C)cc4)cc3)C(C)(C)C)cc2)cc1. The fourth-order valence-corrected chi connectivity index (χ4v) is 4.52. The Morgan fingerprint density at radius 2 is 0.730 bits per heavy atom. The van der Waals surface area contributed by atoms with Gasteiger partial charge in [0, 0.05) is 0 Å². The summed E-state index contributed by atoms with van der Waals surface area (Å²) in [4.78, 5) is 0. The maximum atomic E-state index is 2.37. The summed E-state index contributed by atoms with van der Waals surface area (Å²) in [5.41, 5.74) is 10.6. The Labute approximate surface area is 224 Å². The first kappa shape index (κ1) is 26.4. The maximum Gasteiger partial charge on any atom is -0.0242 e. The molecule has 0 fully saturated rings. The molecule has 4 rings (SSSR count). The molecule has 0 heteroatoms. The van der Waals surface area contributed by atoms with Crippen LogP contribution in [-0.2, 0) is 12.8 Å². The standard InChI is InChI=1S/C37H40/c1-28-6-10-30(11-7-28)14-16-32-18-22-34(23-19-32)26-36(37(3,4)5)27-35-24-20-33(21-25-35)17-15-31-12-8-29(2)9-13-31/h6-25,36H,26-27H2,1-5H3/b16-14+,17-15+. The van der Waals surface area contributed by atoms with E-state index in [9.17, 15) is 0 Å². The van der Waals surface area contributed by atoms with Crippen molar-refractivity contribution in [2.24, 2.45) is 11.3 Å². The van der Waals surface area contributed by atoms with E-state index in [0.717, 1.165) is 12.8 Å². The molecule has 0 aliphatic carbocycles. The third-order valence-electron chi connectivity index (χ3n) is 7.24. The summed E-state index contributed by atoms with van der Waals surface area (Å²) in [5, 5.41) is 0. The lowest BCUT2D eigenvalue weighted by Crippen LogP contribution is -2.25. The molecule has 0 bridgehead atoms. The van der Waals surface area contributed by atoms with Gasteiger partial charge in [-0.15, -0.1) is 0 Å². The first-order valence-electron chi connectivity index (χ1n) is 13.4. The normalized spacial score (nSPS) is 12.2. The van der Waals surface area contributed by atoms with Gasteiger partial charge in [-0.1, -0.05) is 153 Å². The molecule has 4 aromatic rings. The largest absolute Gasteiger partial charge is 0.0599 e. The highest BCUT2D eigenvalue weighted by Crippen LogP contribution is 2.32. The summed E-state index contributed by atoms with van der Waals surface area (Å²) < 4.78 is 0. The lowest BCUT2D eigenvalue weighted by atomic mass is 9.74. The molecular formula is C37H40. The molecule has 0 spiro atoms. The van der Waals surface area contributed by atoms with Gasteiger partial charge >= 0.3 is 0 Å². The molecule has 0 heterocycles. The zero-order valence-corrected chi connectivity index (χ0v) is 23.0. The molecule has 0 aromatic heterocycles. The van der Waals surface area contributed by atoms with Gasteiger partial charge in [0.25, 0.3) is 0 Å². The number of hydrogen-bond acceptors (Lipinski definition) is 0. The van der Waals surface area contributed by atoms with Crippen molar-refractivity contribution in [3.63, 3.8) is 0 Å². The number of aryl methyl sites for hydroxylation is 2. The van der Waals surface area contributed by atoms with Crippen LogP contribution < -0.4 is 0 Å². The van der Waals surface area contributed by atoms with Crippen LogP contribution in [0.25, 0.3) is 24.3 Å². The van der Waals surface area contributed by atoms with Crippen molar-refractivity contribution >= 4 is 24.3 Å². The van der Waals surface area contributed by atoms with E-state index in [1.54, 1.807) is 0 Å². The van der Waals surface area contributed by atoms with Crippen LogP contribution in [0.4, 0.5) is 0 Å². The highest BCUT2D eigenvalue weighted by atomic mass is 14.3. The van der Waals surface area contributed by atoms with Gasteiger partial charge < -0.3 is 0 Å². The fourth-order valence-electron chi connectivity index (χ4n) is 4.52. The highest BCUT2D eigenvalue weighted by Gasteiger charge is 2.25. The average Bonchev–Trinajstić information content (AvgIpc) is 2.89. The van der Waals surface area contributed by atoms with E-state index in [1.807, 2.05) is 0 Å². The van der Waals surface area contributed by atoms with Gasteiger partial charge in [-0.3, -0.25) is 0 Å². The van der Waals surface area contributed by atoms with Crippen LogP contribution >= 0.6 is 0 Å². The Balaban J connectivity index is 1.39. The minimum Gasteiger partial charge on any atom is -0.0599 e. The zero-order chi connectivity index (χ0) is 26.3. The van der Waals surface area contributed by atoms with Gasteiger partial charge in [-0.05, 0) is 71.4 Å². The number of rotatable bonds is 8. The van der Waals surface area contributed by atoms with E-state index in [4.69, 9.17) is 0 Å². The van der Waals surface area contributed by atoms with Crippen LogP contribution in [0, 0.1) is 25.2 Å². The van der Waals surface area contributed by atoms with Crippen LogP contribution in [0.1, 0.15) is 65.3 Å². The van der Waals surface area contributed by atoms with Crippen LogP contribution in [-0.4, -0.2) is 0 Å². The molecule has 0 saturated carbocycles. The van der Waals surface area contributed by atoms with Crippen LogP contribution in [0.2, 0.25) is 0 Å². The van der Waals surface area contributed by atoms with Crippen molar-refractivity contribution in [2.45, 2.75) is 47.5 Å². The molecule has 0 radical (unpaired) electrons. The lowest BCUT2D eigenvalue weighted by Gasteiger charge is -2.31. The van der Waals surface area contributed by atoms with E-state index in [1.165, 1.54) is 44.5 Å². The van der Waals surface area contributed by atoms with Crippen LogP contribution in [0.5, 0.6) is 0 Å². The van der Waals surface area contributed by atoms with Gasteiger partial charge in [0.1, 0.15) is 0 Å². The van der Waals surface area contributed by atoms with Crippen molar-refractivity contribution in [1.29, 1.82) is 0 Å². The van der Waals surface area contributed by atoms with Crippen molar-refractivity contribution < 1.29 is 0 Å². The van der Waals surface area contributed by atoms with Crippen molar-refractivity contribution in [3.05, 3.63) is 142 Å². The Hall–Kier alpha value is -3.64. The minimum atomic E-state index is 0.230. The number of benzene rings is 4. The molecule has 0 atom stereocenters. The molecular weight excluding hydrogens is 444 g/mol. The monoisotopic (exact) mass is 484 g/mol. The Morgan fingerprint density at radius 3 is 1.00 bits per heavy atom. The predicted octanol–water partition coefficient (Wildman–Crippen LogP) is 10.1. The van der Waals surface area contributed by atoms with Gasteiger partial charge in [-0.2, -0.15) is 0 Å². The Morgan fingerprint density at radius 1 is 0.459 bits per heavy atom. The van der Waals surface area contributed by atoms with E-state index in [0.29, 0.717) is 5.92 Å². The smallest absolute Gasteiger partial charge is 0.0242 e. The average molecular weight is 485 g/mol. The summed E-state index contributed by atoms with van der Waals surface area (Å²) in [7, 11) is 0. The van der Waals surface area contributed by atoms with Crippen LogP contribution in [0.15, 0.2) is 97.1 Å². The van der Waals surface area contributed by atoms with Crippen molar-refractivity contribution in [3.8, 4) is 0 Å². The molecule has 0 aliphatic heterocycles. The van der Waals surface area contributed by atoms with Crippen LogP contribution in [0.3, 0.4) is 0 Å². The Bertz CT molecular complexity index is 1210. The molecule has 4 aromatic carbocycles. The van der Waals surface area contributed by atoms with E-state index >= 15 is 0 Å². The molecule has 0 aliphatic rings. The summed E-state index contributed by atoms with van der Waals surface area (Å²) >= 11 is 0. The second-order valence-corrected chi connectivity index (χ2v) is 11.4. The second kappa shape index (κ2) is 12.1. The molecule has 0 nitrogen and oxygen atoms in total. The topological polar surface area (TPSA) is 0 Å². The van der Waals surface area contributed by atoms with Crippen molar-refractivity contribution in [2.75, 3.05) is 0 Å². The highest BCUT2D eigenvalue weighted by molar-refractivity contribution is 5.70. The third-order valence-corrected chi connectivity index (χ3v) is 7.24. The summed E-state index contributed by atoms with van der Waals surface area (Å²) in [5.74, 6) is 0.565. The van der Waals surface area contributed by atoms with E-state index in [2.05, 4.69) is 156 Å². The summed E-state index contributed by atoms with van der Waals surface area (Å²) in [6, 6.07) is 35.5. The molecule has 0 saturated heterocycles. The fraction of sp³-hybridized carbons (Fsp3) is 0.243. The van der Waals surface area contributed by atoms with Gasteiger partial charge in [0.05, 0.1) is 0 Å². The quantitative estimate of drug-likeness (QED) is 0.218. The summed E-state index contributed by atoms with van der Waals surface area (Å²) in [6.45, 7) is 11.4. The minimum absolute atomic E-state index is 0.230. The van der Waals surface area contributed by atoms with Gasteiger partial charge in [-0.25, -0.2) is 0 Å². The number of hydrogen-bond donors (Lipinski definition) is 0. The lowest BCUT2D eigenvalue weighted by molar-refractivity contribution is 0.237. The molecule has 188 valence electrons. The van der Waals surface area contributed by atoms with E-state index < -0.39 is 0 Å². The molecule has 37 heavy (non-hydrogen) atoms. The summed E-state index contributed by atoms with van der Waals surface area (Å²) in [6.07, 6.45) is 10.9. The maximum absolute atomic E-state index is 2.37. The van der Waals surface area contributed by atoms with Crippen molar-refractivity contribution in [1.82, 2.24) is 0 Å². The first-order chi connectivity index (χ1) is 17.7. The van der Waals surface area contributed by atoms with E-state index in [-0.39, 0.29) is 5.41 Å². The first-order valence-corrected chi connectivity index (χ1v) is 13.4. The zero-order valence-electron chi connectivity index (χ0n) is 23.0. The van der Waals surface area contributed by atoms with Gasteiger partial charge in [0.2, 0.25) is 0 Å². The Kier molecular flexibility index (Phi) is 8.62. The molecule has 0 N–H and O–H groups in total. The predicted molar refractivity (Wildman–Crippen MR) is 163 cm³/mol. The molecule has 0 amide bonds. The third kappa shape index (κ3) is 8.19.